The molecule has 0 aromatic heterocycles. The minimum absolute atomic E-state index is 0.0911. The smallest absolute Gasteiger partial charge is 0.295 e. The molecule has 2 aliphatic rings. The van der Waals surface area contributed by atoms with E-state index < -0.39 is 17.7 Å². The molecule has 36 heavy (non-hydrogen) atoms. The Labute approximate surface area is 212 Å². The van der Waals surface area contributed by atoms with Gasteiger partial charge in [0.15, 0.2) is 0 Å². The molecule has 1 N–H and O–H groups in total. The van der Waals surface area contributed by atoms with E-state index in [1.165, 1.54) is 0 Å². The molecule has 1 atom stereocenters. The first kappa shape index (κ1) is 25.7. The van der Waals surface area contributed by atoms with Gasteiger partial charge in [-0.15, -0.1) is 0 Å². The van der Waals surface area contributed by atoms with Crippen molar-refractivity contribution in [2.24, 2.45) is 0 Å². The Morgan fingerprint density at radius 2 is 1.58 bits per heavy atom. The Hall–Kier alpha value is -3.36. The Morgan fingerprint density at radius 1 is 0.944 bits per heavy atom. The molecular weight excluding hydrogens is 460 g/mol. The van der Waals surface area contributed by atoms with Crippen molar-refractivity contribution >= 4 is 17.4 Å². The third-order valence-electron chi connectivity index (χ3n) is 6.41. The number of benzene rings is 2. The van der Waals surface area contributed by atoms with Crippen LogP contribution in [0.15, 0.2) is 54.1 Å². The molecule has 192 valence electrons. The van der Waals surface area contributed by atoms with E-state index in [1.807, 2.05) is 38.1 Å². The van der Waals surface area contributed by atoms with Crippen LogP contribution >= 0.6 is 0 Å². The van der Waals surface area contributed by atoms with Crippen molar-refractivity contribution in [1.82, 2.24) is 9.80 Å². The third-order valence-corrected chi connectivity index (χ3v) is 6.41. The lowest BCUT2D eigenvalue weighted by atomic mass is 9.95. The van der Waals surface area contributed by atoms with Crippen molar-refractivity contribution in [1.29, 1.82) is 0 Å². The van der Waals surface area contributed by atoms with E-state index >= 15 is 0 Å². The predicted molar refractivity (Wildman–Crippen MR) is 136 cm³/mol. The van der Waals surface area contributed by atoms with Gasteiger partial charge in [-0.2, -0.15) is 0 Å². The molecule has 2 fully saturated rings. The topological polar surface area (TPSA) is 88.5 Å². The van der Waals surface area contributed by atoms with Crippen LogP contribution < -0.4 is 9.47 Å². The van der Waals surface area contributed by atoms with Crippen LogP contribution in [0.4, 0.5) is 0 Å². The molecule has 8 nitrogen and oxygen atoms in total. The maximum absolute atomic E-state index is 13.3. The van der Waals surface area contributed by atoms with Crippen LogP contribution in [-0.2, 0) is 14.3 Å². The molecule has 2 heterocycles. The fourth-order valence-corrected chi connectivity index (χ4v) is 4.53. The van der Waals surface area contributed by atoms with Gasteiger partial charge in [-0.25, -0.2) is 0 Å². The number of aliphatic hydroxyl groups is 1. The summed E-state index contributed by atoms with van der Waals surface area (Å²) in [5, 5.41) is 11.3. The lowest BCUT2D eigenvalue weighted by Crippen LogP contribution is -2.42. The maximum Gasteiger partial charge on any atom is 0.295 e. The highest BCUT2D eigenvalue weighted by Gasteiger charge is 2.46. The average Bonchev–Trinajstić information content (AvgIpc) is 3.16. The molecular formula is C28H34N2O6. The van der Waals surface area contributed by atoms with Gasteiger partial charge < -0.3 is 24.2 Å². The van der Waals surface area contributed by atoms with Crippen molar-refractivity contribution in [2.45, 2.75) is 26.3 Å². The summed E-state index contributed by atoms with van der Waals surface area (Å²) in [6.45, 7) is 8.92. The standard InChI is InChI=1S/C28H34N2O6/c1-3-17-36-23-9-5-20(6-10-23)25-24(26(31)21-7-11-22(12-8-21)35-4-2)27(32)28(33)30(25)14-13-29-15-18-34-19-16-29/h5-12,25,31H,3-4,13-19H2,1-2H3. The highest BCUT2D eigenvalue weighted by atomic mass is 16.5. The summed E-state index contributed by atoms with van der Waals surface area (Å²) in [4.78, 5) is 30.2. The summed E-state index contributed by atoms with van der Waals surface area (Å²) in [7, 11) is 0. The van der Waals surface area contributed by atoms with Gasteiger partial charge in [0.25, 0.3) is 11.7 Å². The van der Waals surface area contributed by atoms with E-state index in [1.54, 1.807) is 29.2 Å². The number of morpholine rings is 1. The number of hydrogen-bond acceptors (Lipinski definition) is 7. The molecule has 2 aromatic rings. The number of Topliss-reactive ketones (excluding diaryl/α,β-unsaturated/α-hetero) is 1. The predicted octanol–water partition coefficient (Wildman–Crippen LogP) is 3.63. The van der Waals surface area contributed by atoms with Crippen LogP contribution in [0.2, 0.25) is 0 Å². The third kappa shape index (κ3) is 5.71. The summed E-state index contributed by atoms with van der Waals surface area (Å²) in [6, 6.07) is 13.6. The number of aliphatic hydroxyl groups excluding tert-OH is 1. The van der Waals surface area contributed by atoms with Gasteiger partial charge in [0.1, 0.15) is 17.3 Å². The molecule has 0 saturated carbocycles. The van der Waals surface area contributed by atoms with Crippen molar-refractivity contribution in [3.8, 4) is 11.5 Å². The number of carbonyl (C=O) groups excluding carboxylic acids is 2. The number of carbonyl (C=O) groups is 2. The Kier molecular flexibility index (Phi) is 8.61. The van der Waals surface area contributed by atoms with E-state index in [4.69, 9.17) is 14.2 Å². The Morgan fingerprint density at radius 3 is 2.22 bits per heavy atom. The van der Waals surface area contributed by atoms with E-state index in [0.717, 1.165) is 30.8 Å². The van der Waals surface area contributed by atoms with E-state index in [-0.39, 0.29) is 11.3 Å². The van der Waals surface area contributed by atoms with Crippen LogP contribution in [0.1, 0.15) is 37.4 Å². The van der Waals surface area contributed by atoms with Crippen LogP contribution in [0, 0.1) is 0 Å². The number of ketones is 1. The zero-order chi connectivity index (χ0) is 25.5. The molecule has 8 heteroatoms. The van der Waals surface area contributed by atoms with Crippen LogP contribution in [0.25, 0.3) is 5.76 Å². The molecule has 4 rings (SSSR count). The van der Waals surface area contributed by atoms with Gasteiger partial charge in [0, 0.05) is 31.7 Å². The van der Waals surface area contributed by atoms with E-state index in [0.29, 0.717) is 50.8 Å². The number of amides is 1. The van der Waals surface area contributed by atoms with Crippen molar-refractivity contribution in [3.05, 3.63) is 65.2 Å². The molecule has 1 amide bonds. The zero-order valence-corrected chi connectivity index (χ0v) is 20.9. The summed E-state index contributed by atoms with van der Waals surface area (Å²) < 4.78 is 16.6. The van der Waals surface area contributed by atoms with Crippen molar-refractivity contribution < 1.29 is 28.9 Å². The first-order valence-corrected chi connectivity index (χ1v) is 12.6. The first-order chi connectivity index (χ1) is 17.5. The molecule has 0 spiro atoms. The summed E-state index contributed by atoms with van der Waals surface area (Å²) in [6.07, 6.45) is 0.894. The summed E-state index contributed by atoms with van der Waals surface area (Å²) >= 11 is 0. The van der Waals surface area contributed by atoms with Gasteiger partial charge in [0.2, 0.25) is 0 Å². The van der Waals surface area contributed by atoms with Crippen LogP contribution in [-0.4, -0.2) is 79.2 Å². The SMILES string of the molecule is CCCOc1ccc(C2C(=C(O)c3ccc(OCC)cc3)C(=O)C(=O)N2CCN2CCOCC2)cc1. The van der Waals surface area contributed by atoms with Crippen molar-refractivity contribution in [2.75, 3.05) is 52.6 Å². The fraction of sp³-hybridized carbons (Fsp3) is 0.429. The van der Waals surface area contributed by atoms with Crippen LogP contribution in [0.3, 0.4) is 0 Å². The number of likely N-dealkylation sites (tertiary alicyclic amines) is 1. The van der Waals surface area contributed by atoms with Gasteiger partial charge in [-0.05, 0) is 55.3 Å². The van der Waals surface area contributed by atoms with Gasteiger partial charge in [-0.3, -0.25) is 14.5 Å². The summed E-state index contributed by atoms with van der Waals surface area (Å²) in [5.41, 5.74) is 1.29. The lowest BCUT2D eigenvalue weighted by molar-refractivity contribution is -0.140. The monoisotopic (exact) mass is 494 g/mol. The molecule has 2 aromatic carbocycles. The number of ether oxygens (including phenoxy) is 3. The second kappa shape index (κ2) is 12.1. The number of rotatable bonds is 10. The molecule has 0 bridgehead atoms. The second-order valence-corrected chi connectivity index (χ2v) is 8.82. The van der Waals surface area contributed by atoms with Gasteiger partial charge in [-0.1, -0.05) is 19.1 Å². The highest BCUT2D eigenvalue weighted by molar-refractivity contribution is 6.46. The highest BCUT2D eigenvalue weighted by Crippen LogP contribution is 2.40. The maximum atomic E-state index is 13.3. The minimum Gasteiger partial charge on any atom is -0.507 e. The van der Waals surface area contributed by atoms with E-state index in [2.05, 4.69) is 4.90 Å². The Bertz CT molecular complexity index is 1070. The number of nitrogens with zero attached hydrogens (tertiary/aromatic N) is 2. The minimum atomic E-state index is -0.696. The average molecular weight is 495 g/mol. The quantitative estimate of drug-likeness (QED) is 0.307. The number of hydrogen-bond donors (Lipinski definition) is 1. The molecule has 2 aliphatic heterocycles. The van der Waals surface area contributed by atoms with E-state index in [9.17, 15) is 14.7 Å². The Balaban J connectivity index is 1.68. The lowest BCUT2D eigenvalue weighted by Gasteiger charge is -2.31. The largest absolute Gasteiger partial charge is 0.507 e. The summed E-state index contributed by atoms with van der Waals surface area (Å²) in [5.74, 6) is -0.0927. The zero-order valence-electron chi connectivity index (χ0n) is 20.9. The normalized spacial score (nSPS) is 20.1. The van der Waals surface area contributed by atoms with Crippen molar-refractivity contribution in [3.63, 3.8) is 0 Å². The fourth-order valence-electron chi connectivity index (χ4n) is 4.53. The van der Waals surface area contributed by atoms with Gasteiger partial charge >= 0.3 is 0 Å². The molecule has 0 radical (unpaired) electrons. The second-order valence-electron chi connectivity index (χ2n) is 8.82. The first-order valence-electron chi connectivity index (χ1n) is 12.6. The molecule has 1 unspecified atom stereocenters. The molecule has 0 aliphatic carbocycles. The molecule has 2 saturated heterocycles. The van der Waals surface area contributed by atoms with Gasteiger partial charge in [0.05, 0.1) is 38.0 Å². The van der Waals surface area contributed by atoms with Crippen LogP contribution in [0.5, 0.6) is 11.5 Å².